The molecule has 0 aromatic heterocycles. The second-order valence-corrected chi connectivity index (χ2v) is 7.23. The Morgan fingerprint density at radius 1 is 1.05 bits per heavy atom. The molecule has 0 fully saturated rings. The third kappa shape index (κ3) is 4.04. The van der Waals surface area contributed by atoms with Crippen LogP contribution < -0.4 is 4.72 Å². The number of nitrogens with one attached hydrogen (secondary N) is 1. The van der Waals surface area contributed by atoms with Gasteiger partial charge in [-0.15, -0.1) is 0 Å². The van der Waals surface area contributed by atoms with Crippen LogP contribution in [0.4, 0.5) is 5.69 Å². The van der Waals surface area contributed by atoms with Crippen molar-refractivity contribution in [1.82, 2.24) is 0 Å². The predicted octanol–water partition coefficient (Wildman–Crippen LogP) is 2.63. The van der Waals surface area contributed by atoms with Gasteiger partial charge in [-0.25, -0.2) is 12.6 Å². The number of sulfone groups is 1. The molecule has 0 spiro atoms. The van der Waals surface area contributed by atoms with E-state index in [0.717, 1.165) is 11.5 Å². The number of rotatable bonds is 5. The highest BCUT2D eigenvalue weighted by Gasteiger charge is 2.10. The molecule has 0 radical (unpaired) electrons. The van der Waals surface area contributed by atoms with Gasteiger partial charge in [-0.2, -0.15) is 5.26 Å². The van der Waals surface area contributed by atoms with Crippen LogP contribution in [0, 0.1) is 11.3 Å². The zero-order valence-corrected chi connectivity index (χ0v) is 13.0. The number of nitrogens with zero attached hydrogens (tertiary/aromatic N) is 1. The maximum Gasteiger partial charge on any atom is 0.200 e. The SMILES string of the molecule is N#CC=CS(=O)(=O)c1ccc(NS(=O)c2ccccc2)cc1. The molecule has 7 heteroatoms. The summed E-state index contributed by atoms with van der Waals surface area (Å²) in [7, 11) is -5.05. The fourth-order valence-corrected chi connectivity index (χ4v) is 3.41. The van der Waals surface area contributed by atoms with E-state index in [0.29, 0.717) is 10.6 Å². The van der Waals surface area contributed by atoms with E-state index < -0.39 is 20.8 Å². The van der Waals surface area contributed by atoms with Crippen LogP contribution in [0.15, 0.2) is 75.9 Å². The van der Waals surface area contributed by atoms with Crippen LogP contribution in [-0.4, -0.2) is 12.6 Å². The summed E-state index contributed by atoms with van der Waals surface area (Å²) >= 11 is 0. The monoisotopic (exact) mass is 332 g/mol. The molecule has 0 aliphatic carbocycles. The van der Waals surface area contributed by atoms with Crippen molar-refractivity contribution in [3.63, 3.8) is 0 Å². The van der Waals surface area contributed by atoms with E-state index in [1.54, 1.807) is 30.3 Å². The van der Waals surface area contributed by atoms with E-state index >= 15 is 0 Å². The molecule has 0 amide bonds. The highest BCUT2D eigenvalue weighted by atomic mass is 32.2. The standard InChI is InChI=1S/C15H12N2O3S2/c16-11-4-12-22(19,20)15-9-7-13(8-10-15)17-21(18)14-5-2-1-3-6-14/h1-10,12,17H. The molecular weight excluding hydrogens is 320 g/mol. The van der Waals surface area contributed by atoms with Gasteiger partial charge >= 0.3 is 0 Å². The first-order chi connectivity index (χ1) is 10.5. The van der Waals surface area contributed by atoms with Crippen LogP contribution in [0.5, 0.6) is 0 Å². The fourth-order valence-electron chi connectivity index (χ4n) is 1.62. The molecule has 0 heterocycles. The van der Waals surface area contributed by atoms with E-state index in [9.17, 15) is 12.6 Å². The molecule has 1 N–H and O–H groups in total. The summed E-state index contributed by atoms with van der Waals surface area (Å²) < 4.78 is 38.5. The summed E-state index contributed by atoms with van der Waals surface area (Å²) in [6.07, 6.45) is 0.909. The van der Waals surface area contributed by atoms with Gasteiger partial charge in [-0.3, -0.25) is 0 Å². The lowest BCUT2D eigenvalue weighted by molar-refractivity contribution is 0.604. The first-order valence-electron chi connectivity index (χ1n) is 6.18. The van der Waals surface area contributed by atoms with Crippen molar-refractivity contribution in [1.29, 1.82) is 5.26 Å². The molecule has 0 saturated carbocycles. The van der Waals surface area contributed by atoms with E-state index in [1.807, 2.05) is 6.07 Å². The Bertz CT molecular complexity index is 837. The van der Waals surface area contributed by atoms with Gasteiger partial charge in [0.2, 0.25) is 9.84 Å². The molecule has 0 saturated heterocycles. The first-order valence-corrected chi connectivity index (χ1v) is 8.87. The van der Waals surface area contributed by atoms with E-state index in [1.165, 1.54) is 24.3 Å². The zero-order chi connectivity index (χ0) is 16.0. The summed E-state index contributed by atoms with van der Waals surface area (Å²) in [5.74, 6) is 0. The van der Waals surface area contributed by atoms with Gasteiger partial charge in [0.15, 0.2) is 0 Å². The minimum absolute atomic E-state index is 0.0649. The molecule has 0 aliphatic heterocycles. The summed E-state index contributed by atoms with van der Waals surface area (Å²) in [4.78, 5) is 0.686. The van der Waals surface area contributed by atoms with Crippen molar-refractivity contribution in [3.8, 4) is 6.07 Å². The third-order valence-corrected chi connectivity index (χ3v) is 5.22. The first kappa shape index (κ1) is 15.9. The summed E-state index contributed by atoms with van der Waals surface area (Å²) in [6, 6.07) is 16.3. The van der Waals surface area contributed by atoms with Crippen LogP contribution in [0.2, 0.25) is 0 Å². The van der Waals surface area contributed by atoms with Gasteiger partial charge in [-0.1, -0.05) is 18.2 Å². The molecule has 0 bridgehead atoms. The Morgan fingerprint density at radius 3 is 2.27 bits per heavy atom. The zero-order valence-electron chi connectivity index (χ0n) is 11.3. The predicted molar refractivity (Wildman–Crippen MR) is 84.9 cm³/mol. The maximum absolute atomic E-state index is 12.1. The number of allylic oxidation sites excluding steroid dienone is 1. The average molecular weight is 332 g/mol. The van der Waals surface area contributed by atoms with Gasteiger partial charge in [-0.05, 0) is 36.4 Å². The van der Waals surface area contributed by atoms with Crippen LogP contribution >= 0.6 is 0 Å². The minimum Gasteiger partial charge on any atom is -0.301 e. The third-order valence-electron chi connectivity index (χ3n) is 2.67. The summed E-state index contributed by atoms with van der Waals surface area (Å²) in [5, 5.41) is 9.23. The second kappa shape index (κ2) is 7.02. The molecule has 2 rings (SSSR count). The Morgan fingerprint density at radius 2 is 1.68 bits per heavy atom. The van der Waals surface area contributed by atoms with Gasteiger partial charge in [0.1, 0.15) is 11.0 Å². The molecule has 5 nitrogen and oxygen atoms in total. The van der Waals surface area contributed by atoms with Gasteiger partial charge in [0.25, 0.3) is 0 Å². The average Bonchev–Trinajstić information content (AvgIpc) is 2.54. The molecule has 2 aromatic carbocycles. The highest BCUT2D eigenvalue weighted by Crippen LogP contribution is 2.18. The number of anilines is 1. The molecule has 112 valence electrons. The van der Waals surface area contributed by atoms with Crippen LogP contribution in [-0.2, 0) is 20.8 Å². The summed E-state index contributed by atoms with van der Waals surface area (Å²) in [5.41, 5.74) is 0.533. The van der Waals surface area contributed by atoms with Crippen molar-refractivity contribution >= 4 is 26.5 Å². The molecule has 2 aromatic rings. The quantitative estimate of drug-likeness (QED) is 0.853. The molecule has 1 unspecified atom stereocenters. The molecular formula is C15H12N2O3S2. The smallest absolute Gasteiger partial charge is 0.200 e. The van der Waals surface area contributed by atoms with Crippen molar-refractivity contribution in [2.75, 3.05) is 4.72 Å². The fraction of sp³-hybridized carbons (Fsp3) is 0. The number of hydrogen-bond acceptors (Lipinski definition) is 4. The van der Waals surface area contributed by atoms with Crippen LogP contribution in [0.1, 0.15) is 0 Å². The minimum atomic E-state index is -3.63. The largest absolute Gasteiger partial charge is 0.301 e. The van der Waals surface area contributed by atoms with Gasteiger partial charge < -0.3 is 4.72 Å². The van der Waals surface area contributed by atoms with Crippen molar-refractivity contribution in [2.45, 2.75) is 9.79 Å². The lowest BCUT2D eigenvalue weighted by Crippen LogP contribution is -2.04. The Hall–Kier alpha value is -2.43. The van der Waals surface area contributed by atoms with Gasteiger partial charge in [0, 0.05) is 17.2 Å². The van der Waals surface area contributed by atoms with Crippen LogP contribution in [0.3, 0.4) is 0 Å². The Labute approximate surface area is 131 Å². The number of hydrogen-bond donors (Lipinski definition) is 1. The van der Waals surface area contributed by atoms with E-state index in [2.05, 4.69) is 4.72 Å². The normalized spacial score (nSPS) is 12.7. The van der Waals surface area contributed by atoms with E-state index in [4.69, 9.17) is 5.26 Å². The highest BCUT2D eigenvalue weighted by molar-refractivity contribution is 7.94. The number of benzene rings is 2. The lowest BCUT2D eigenvalue weighted by atomic mass is 10.3. The topological polar surface area (TPSA) is 87.0 Å². The molecule has 22 heavy (non-hydrogen) atoms. The maximum atomic E-state index is 12.1. The second-order valence-electron chi connectivity index (χ2n) is 4.19. The Balaban J connectivity index is 2.15. The van der Waals surface area contributed by atoms with Crippen molar-refractivity contribution in [3.05, 3.63) is 66.1 Å². The van der Waals surface area contributed by atoms with Crippen LogP contribution in [0.25, 0.3) is 0 Å². The molecule has 0 aliphatic rings. The van der Waals surface area contributed by atoms with Crippen molar-refractivity contribution in [2.24, 2.45) is 0 Å². The van der Waals surface area contributed by atoms with Gasteiger partial charge in [0.05, 0.1) is 15.9 Å². The molecule has 1 atom stereocenters. The van der Waals surface area contributed by atoms with Crippen molar-refractivity contribution < 1.29 is 12.6 Å². The lowest BCUT2D eigenvalue weighted by Gasteiger charge is -2.06. The summed E-state index contributed by atoms with van der Waals surface area (Å²) in [6.45, 7) is 0. The Kier molecular flexibility index (Phi) is 5.09. The van der Waals surface area contributed by atoms with E-state index in [-0.39, 0.29) is 4.90 Å². The number of nitriles is 1.